The summed E-state index contributed by atoms with van der Waals surface area (Å²) >= 11 is 1.61. The van der Waals surface area contributed by atoms with Crippen LogP contribution in [-0.4, -0.2) is 39.5 Å². The van der Waals surface area contributed by atoms with Crippen LogP contribution >= 0.6 is 11.8 Å². The molecule has 0 spiro atoms. The second-order valence-electron chi connectivity index (χ2n) is 9.42. The van der Waals surface area contributed by atoms with Gasteiger partial charge in [0, 0.05) is 52.7 Å². The van der Waals surface area contributed by atoms with E-state index < -0.39 is 0 Å². The van der Waals surface area contributed by atoms with Gasteiger partial charge in [0.2, 0.25) is 0 Å². The van der Waals surface area contributed by atoms with Crippen molar-refractivity contribution in [2.24, 2.45) is 0 Å². The second-order valence-corrected chi connectivity index (χ2v) is 10.5. The highest BCUT2D eigenvalue weighted by atomic mass is 32.2. The van der Waals surface area contributed by atoms with Crippen molar-refractivity contribution in [3.8, 4) is 5.75 Å². The van der Waals surface area contributed by atoms with E-state index in [0.717, 1.165) is 45.7 Å². The van der Waals surface area contributed by atoms with Gasteiger partial charge in [0.15, 0.2) is 5.78 Å². The highest BCUT2D eigenvalue weighted by Gasteiger charge is 2.25. The van der Waals surface area contributed by atoms with Gasteiger partial charge in [0.25, 0.3) is 5.91 Å². The molecule has 1 amide bonds. The molecule has 0 unspecified atom stereocenters. The van der Waals surface area contributed by atoms with E-state index in [1.54, 1.807) is 30.4 Å². The molecule has 0 bridgehead atoms. The number of thioether (sulfide) groups is 1. The summed E-state index contributed by atoms with van der Waals surface area (Å²) in [6.45, 7) is 0.700. The first-order chi connectivity index (χ1) is 19.1. The lowest BCUT2D eigenvalue weighted by Gasteiger charge is -2.25. The summed E-state index contributed by atoms with van der Waals surface area (Å²) in [6, 6.07) is 21.4. The van der Waals surface area contributed by atoms with Crippen molar-refractivity contribution in [1.82, 2.24) is 14.9 Å². The fourth-order valence-electron chi connectivity index (χ4n) is 4.82. The van der Waals surface area contributed by atoms with Gasteiger partial charge in [0.1, 0.15) is 11.9 Å². The summed E-state index contributed by atoms with van der Waals surface area (Å²) in [5, 5.41) is 11.7. The fourth-order valence-corrected chi connectivity index (χ4v) is 5.83. The number of nitrogens with zero attached hydrogens (tertiary/aromatic N) is 2. The molecule has 1 aliphatic rings. The number of carbonyl (C=O) groups is 2. The molecule has 2 N–H and O–H groups in total. The van der Waals surface area contributed by atoms with E-state index in [0.29, 0.717) is 24.3 Å². The summed E-state index contributed by atoms with van der Waals surface area (Å²) in [5.41, 5.74) is 4.46. The molecule has 8 heteroatoms. The molecule has 0 saturated heterocycles. The summed E-state index contributed by atoms with van der Waals surface area (Å²) in [6.07, 6.45) is 7.43. The van der Waals surface area contributed by atoms with Crippen LogP contribution in [0.3, 0.4) is 0 Å². The van der Waals surface area contributed by atoms with Gasteiger partial charge in [-0.25, -0.2) is 4.98 Å². The number of aromatic nitrogens is 2. The van der Waals surface area contributed by atoms with Crippen LogP contribution in [0, 0.1) is 0 Å². The Hall–Kier alpha value is -3.88. The highest BCUT2D eigenvalue weighted by molar-refractivity contribution is 7.98. The number of imidazole rings is 1. The number of fused-ring (bicyclic) bond motifs is 1. The largest absolute Gasteiger partial charge is 0.484 e. The van der Waals surface area contributed by atoms with E-state index in [2.05, 4.69) is 22.4 Å². The number of hydrogen-bond donors (Lipinski definition) is 2. The number of aliphatic hydroxyl groups excluding tert-OH is 1. The number of benzene rings is 3. The minimum absolute atomic E-state index is 0.106. The molecule has 5 rings (SSSR count). The van der Waals surface area contributed by atoms with Gasteiger partial charge in [-0.05, 0) is 54.3 Å². The van der Waals surface area contributed by atoms with E-state index in [1.165, 1.54) is 0 Å². The number of Topliss-reactive ketones (excluding diaryl/α,β-unsaturated/α-hetero) is 1. The van der Waals surface area contributed by atoms with Crippen molar-refractivity contribution in [2.75, 3.05) is 13.2 Å². The van der Waals surface area contributed by atoms with Gasteiger partial charge < -0.3 is 19.7 Å². The Bertz CT molecular complexity index is 1420. The van der Waals surface area contributed by atoms with Crippen LogP contribution in [-0.2, 0) is 18.7 Å². The number of rotatable bonds is 11. The Morgan fingerprint density at radius 1 is 1.10 bits per heavy atom. The third-order valence-corrected chi connectivity index (χ3v) is 7.79. The van der Waals surface area contributed by atoms with Crippen molar-refractivity contribution in [1.29, 1.82) is 0 Å². The molecule has 0 aliphatic heterocycles. The van der Waals surface area contributed by atoms with Crippen LogP contribution in [0.1, 0.15) is 56.4 Å². The summed E-state index contributed by atoms with van der Waals surface area (Å²) in [5.74, 6) is 1.32. The molecule has 4 aromatic rings. The van der Waals surface area contributed by atoms with E-state index in [4.69, 9.17) is 9.84 Å². The minimum Gasteiger partial charge on any atom is -0.484 e. The maximum atomic E-state index is 12.8. The van der Waals surface area contributed by atoms with Gasteiger partial charge >= 0.3 is 0 Å². The fraction of sp³-hybridized carbons (Fsp3) is 0.258. The molecule has 1 atom stereocenters. The number of carbonyl (C=O) groups excluding carboxylic acids is 2. The van der Waals surface area contributed by atoms with Crippen LogP contribution < -0.4 is 10.1 Å². The number of aliphatic hydroxyl groups is 1. The summed E-state index contributed by atoms with van der Waals surface area (Å²) in [7, 11) is 0. The third-order valence-electron chi connectivity index (χ3n) is 6.77. The third kappa shape index (κ3) is 6.58. The zero-order valence-electron chi connectivity index (χ0n) is 21.6. The lowest BCUT2D eigenvalue weighted by molar-refractivity contribution is 0.0942. The maximum Gasteiger partial charge on any atom is 0.251 e. The zero-order chi connectivity index (χ0) is 27.0. The molecular weight excluding hydrogens is 510 g/mol. The quantitative estimate of drug-likeness (QED) is 0.252. The Balaban J connectivity index is 1.45. The Labute approximate surface area is 232 Å². The highest BCUT2D eigenvalue weighted by Crippen LogP contribution is 2.38. The molecule has 3 aromatic carbocycles. The average molecular weight is 542 g/mol. The number of ketones is 1. The first-order valence-corrected chi connectivity index (χ1v) is 14.1. The van der Waals surface area contributed by atoms with E-state index in [-0.39, 0.29) is 30.9 Å². The normalized spacial score (nSPS) is 13.5. The predicted molar refractivity (Wildman–Crippen MR) is 151 cm³/mol. The van der Waals surface area contributed by atoms with Crippen LogP contribution in [0.5, 0.6) is 5.75 Å². The average Bonchev–Trinajstić information content (AvgIpc) is 3.49. The Morgan fingerprint density at radius 3 is 2.77 bits per heavy atom. The first-order valence-electron chi connectivity index (χ1n) is 13.1. The molecule has 200 valence electrons. The van der Waals surface area contributed by atoms with Gasteiger partial charge in [0.05, 0.1) is 19.5 Å². The van der Waals surface area contributed by atoms with Gasteiger partial charge in [-0.3, -0.25) is 9.59 Å². The van der Waals surface area contributed by atoms with Crippen molar-refractivity contribution in [3.05, 3.63) is 113 Å². The Kier molecular flexibility index (Phi) is 8.75. The molecular formula is C31H31N3O4S. The van der Waals surface area contributed by atoms with Gasteiger partial charge in [-0.2, -0.15) is 0 Å². The molecule has 7 nitrogen and oxygen atoms in total. The standard InChI is InChI=1S/C31H31N3O4S/c35-17-15-33-31(37)23-8-4-9-24(18-23)39-20-27-25-10-5-11-28(36)26(25)12-13-29(27)38-30(19-34-16-14-32-21-34)22-6-2-1-3-7-22/h1-4,6-9,12-14,16,18,21,30,35H,5,10-11,15,17,19-20H2,(H,33,37)/t30-/m1/s1. The zero-order valence-corrected chi connectivity index (χ0v) is 22.4. The minimum atomic E-state index is -0.250. The molecule has 0 radical (unpaired) electrons. The predicted octanol–water partition coefficient (Wildman–Crippen LogP) is 5.24. The molecule has 0 fully saturated rings. The van der Waals surface area contributed by atoms with Crippen molar-refractivity contribution in [2.45, 2.75) is 42.6 Å². The number of hydrogen-bond acceptors (Lipinski definition) is 6. The van der Waals surface area contributed by atoms with Crippen LogP contribution in [0.2, 0.25) is 0 Å². The molecule has 1 aromatic heterocycles. The second kappa shape index (κ2) is 12.8. The van der Waals surface area contributed by atoms with Crippen molar-refractivity contribution >= 4 is 23.5 Å². The molecule has 0 saturated carbocycles. The molecule has 1 aliphatic carbocycles. The Morgan fingerprint density at radius 2 is 1.97 bits per heavy atom. The monoisotopic (exact) mass is 541 g/mol. The smallest absolute Gasteiger partial charge is 0.251 e. The number of ether oxygens (including phenoxy) is 1. The topological polar surface area (TPSA) is 93.4 Å². The number of nitrogens with one attached hydrogen (secondary N) is 1. The lowest BCUT2D eigenvalue weighted by Crippen LogP contribution is -2.26. The van der Waals surface area contributed by atoms with E-state index in [9.17, 15) is 9.59 Å². The summed E-state index contributed by atoms with van der Waals surface area (Å²) < 4.78 is 8.74. The first kappa shape index (κ1) is 26.7. The number of amides is 1. The van der Waals surface area contributed by atoms with Gasteiger partial charge in [-0.1, -0.05) is 36.4 Å². The maximum absolute atomic E-state index is 12.8. The lowest BCUT2D eigenvalue weighted by atomic mass is 9.87. The van der Waals surface area contributed by atoms with E-state index >= 15 is 0 Å². The van der Waals surface area contributed by atoms with Crippen LogP contribution in [0.15, 0.2) is 90.3 Å². The molecule has 1 heterocycles. The summed E-state index contributed by atoms with van der Waals surface area (Å²) in [4.78, 5) is 30.3. The van der Waals surface area contributed by atoms with Gasteiger partial charge in [-0.15, -0.1) is 11.8 Å². The molecule has 39 heavy (non-hydrogen) atoms. The van der Waals surface area contributed by atoms with Crippen LogP contribution in [0.4, 0.5) is 0 Å². The van der Waals surface area contributed by atoms with E-state index in [1.807, 2.05) is 59.3 Å². The van der Waals surface area contributed by atoms with Crippen molar-refractivity contribution < 1.29 is 19.4 Å². The van der Waals surface area contributed by atoms with Crippen molar-refractivity contribution in [3.63, 3.8) is 0 Å². The SMILES string of the molecule is O=C(NCCO)c1cccc(SCc2c(O[C@H](Cn3ccnc3)c3ccccc3)ccc3c2CCCC3=O)c1. The van der Waals surface area contributed by atoms with Crippen LogP contribution in [0.25, 0.3) is 0 Å².